The van der Waals surface area contributed by atoms with Crippen molar-refractivity contribution in [3.05, 3.63) is 0 Å². The fraction of sp³-hybridized carbons (Fsp3) is 0.909. The Morgan fingerprint density at radius 3 is 2.80 bits per heavy atom. The van der Waals surface area contributed by atoms with Crippen LogP contribution in [-0.2, 0) is 4.79 Å². The Labute approximate surface area is 91.2 Å². The van der Waals surface area contributed by atoms with E-state index >= 15 is 0 Å². The molecule has 0 aromatic heterocycles. The lowest BCUT2D eigenvalue weighted by molar-refractivity contribution is -0.138. The number of aliphatic carboxylic acids is 1. The number of nitrogens with one attached hydrogen (secondary N) is 1. The molecule has 4 heteroatoms. The molecule has 1 aliphatic carbocycles. The lowest BCUT2D eigenvalue weighted by Crippen LogP contribution is -2.50. The van der Waals surface area contributed by atoms with E-state index in [2.05, 4.69) is 19.2 Å². The number of carboxylic acid groups (broad SMARTS) is 1. The second kappa shape index (κ2) is 4.94. The van der Waals surface area contributed by atoms with Gasteiger partial charge in [-0.25, -0.2) is 0 Å². The van der Waals surface area contributed by atoms with Gasteiger partial charge in [-0.2, -0.15) is 0 Å². The van der Waals surface area contributed by atoms with E-state index in [1.807, 2.05) is 0 Å². The zero-order chi connectivity index (χ0) is 11.5. The highest BCUT2D eigenvalue weighted by Crippen LogP contribution is 2.35. The Balaban J connectivity index is 2.39. The van der Waals surface area contributed by atoms with Crippen LogP contribution in [0.15, 0.2) is 0 Å². The predicted molar refractivity (Wildman–Crippen MR) is 59.7 cm³/mol. The van der Waals surface area contributed by atoms with Crippen LogP contribution in [0.3, 0.4) is 0 Å². The molecule has 0 heterocycles. The van der Waals surface area contributed by atoms with Crippen molar-refractivity contribution in [1.82, 2.24) is 5.32 Å². The first-order valence-electron chi connectivity index (χ1n) is 5.65. The molecule has 0 aromatic rings. The highest BCUT2D eigenvalue weighted by atomic mass is 16.4. The average molecular weight is 214 g/mol. The van der Waals surface area contributed by atoms with Crippen LogP contribution in [-0.4, -0.2) is 29.7 Å². The van der Waals surface area contributed by atoms with Crippen LogP contribution in [0.2, 0.25) is 0 Å². The van der Waals surface area contributed by atoms with E-state index in [9.17, 15) is 4.79 Å². The van der Waals surface area contributed by atoms with Crippen molar-refractivity contribution in [2.45, 2.75) is 51.6 Å². The number of hydrogen-bond acceptors (Lipinski definition) is 3. The standard InChI is InChI=1S/C11H22N2O2/c1-11(2)6-4-3-5-9(11)13-7-8(12)10(14)15/h8-9,13H,3-7,12H2,1-2H3,(H,14,15). The summed E-state index contributed by atoms with van der Waals surface area (Å²) in [6.45, 7) is 4.83. The zero-order valence-electron chi connectivity index (χ0n) is 9.62. The fourth-order valence-corrected chi connectivity index (χ4v) is 2.23. The number of rotatable bonds is 4. The monoisotopic (exact) mass is 214 g/mol. The van der Waals surface area contributed by atoms with Gasteiger partial charge in [-0.05, 0) is 18.3 Å². The van der Waals surface area contributed by atoms with Crippen molar-refractivity contribution in [3.63, 3.8) is 0 Å². The van der Waals surface area contributed by atoms with E-state index in [4.69, 9.17) is 10.8 Å². The molecule has 2 atom stereocenters. The normalized spacial score (nSPS) is 27.3. The van der Waals surface area contributed by atoms with Gasteiger partial charge in [-0.3, -0.25) is 4.79 Å². The van der Waals surface area contributed by atoms with Gasteiger partial charge in [-0.1, -0.05) is 26.7 Å². The van der Waals surface area contributed by atoms with Crippen LogP contribution in [0.25, 0.3) is 0 Å². The molecule has 0 saturated heterocycles. The Morgan fingerprint density at radius 2 is 2.27 bits per heavy atom. The number of nitrogens with two attached hydrogens (primary N) is 1. The molecule has 15 heavy (non-hydrogen) atoms. The van der Waals surface area contributed by atoms with E-state index in [1.54, 1.807) is 0 Å². The van der Waals surface area contributed by atoms with Crippen LogP contribution in [0, 0.1) is 5.41 Å². The summed E-state index contributed by atoms with van der Waals surface area (Å²) in [6, 6.07) is -0.389. The van der Waals surface area contributed by atoms with Gasteiger partial charge in [0.1, 0.15) is 6.04 Å². The summed E-state index contributed by atoms with van der Waals surface area (Å²) in [5.41, 5.74) is 5.72. The summed E-state index contributed by atoms with van der Waals surface area (Å²) in [5, 5.41) is 12.0. The first-order valence-corrected chi connectivity index (χ1v) is 5.65. The summed E-state index contributed by atoms with van der Waals surface area (Å²) in [6.07, 6.45) is 4.83. The van der Waals surface area contributed by atoms with E-state index in [0.29, 0.717) is 12.6 Å². The molecule has 0 spiro atoms. The van der Waals surface area contributed by atoms with Gasteiger partial charge in [-0.15, -0.1) is 0 Å². The lowest BCUT2D eigenvalue weighted by Gasteiger charge is -2.39. The second-order valence-electron chi connectivity index (χ2n) is 5.14. The van der Waals surface area contributed by atoms with E-state index < -0.39 is 12.0 Å². The third-order valence-corrected chi connectivity index (χ3v) is 3.41. The molecule has 4 nitrogen and oxygen atoms in total. The molecule has 0 radical (unpaired) electrons. The summed E-state index contributed by atoms with van der Waals surface area (Å²) in [4.78, 5) is 10.6. The molecule has 1 aliphatic rings. The van der Waals surface area contributed by atoms with Crippen molar-refractivity contribution in [2.75, 3.05) is 6.54 Å². The SMILES string of the molecule is CC1(C)CCCCC1NCC(N)C(=O)O. The molecule has 1 saturated carbocycles. The van der Waals surface area contributed by atoms with Crippen molar-refractivity contribution < 1.29 is 9.90 Å². The van der Waals surface area contributed by atoms with E-state index in [-0.39, 0.29) is 5.41 Å². The minimum Gasteiger partial charge on any atom is -0.480 e. The number of carboxylic acids is 1. The molecule has 0 aromatic carbocycles. The topological polar surface area (TPSA) is 75.3 Å². The quantitative estimate of drug-likeness (QED) is 0.651. The van der Waals surface area contributed by atoms with Gasteiger partial charge < -0.3 is 16.2 Å². The predicted octanol–water partition coefficient (Wildman–Crippen LogP) is 0.957. The molecule has 0 bridgehead atoms. The maximum atomic E-state index is 10.6. The first-order chi connectivity index (χ1) is 6.93. The molecule has 0 amide bonds. The summed E-state index contributed by atoms with van der Waals surface area (Å²) in [5.74, 6) is -0.934. The minimum absolute atomic E-state index is 0.260. The van der Waals surface area contributed by atoms with Crippen molar-refractivity contribution >= 4 is 5.97 Å². The van der Waals surface area contributed by atoms with Crippen LogP contribution >= 0.6 is 0 Å². The summed E-state index contributed by atoms with van der Waals surface area (Å²) < 4.78 is 0. The van der Waals surface area contributed by atoms with Gasteiger partial charge in [0.05, 0.1) is 0 Å². The summed E-state index contributed by atoms with van der Waals surface area (Å²) in [7, 11) is 0. The van der Waals surface area contributed by atoms with E-state index in [0.717, 1.165) is 6.42 Å². The maximum absolute atomic E-state index is 10.6. The molecule has 4 N–H and O–H groups in total. The maximum Gasteiger partial charge on any atom is 0.321 e. The lowest BCUT2D eigenvalue weighted by atomic mass is 9.73. The molecule has 1 rings (SSSR count). The molecule has 88 valence electrons. The molecular formula is C11H22N2O2. The molecular weight excluding hydrogens is 192 g/mol. The van der Waals surface area contributed by atoms with Gasteiger partial charge in [0.25, 0.3) is 0 Å². The smallest absolute Gasteiger partial charge is 0.321 e. The van der Waals surface area contributed by atoms with Crippen molar-refractivity contribution in [3.8, 4) is 0 Å². The fourth-order valence-electron chi connectivity index (χ4n) is 2.23. The average Bonchev–Trinajstić information content (AvgIpc) is 2.14. The Morgan fingerprint density at radius 1 is 1.60 bits per heavy atom. The largest absolute Gasteiger partial charge is 0.480 e. The van der Waals surface area contributed by atoms with Crippen LogP contribution in [0.5, 0.6) is 0 Å². The van der Waals surface area contributed by atoms with Crippen LogP contribution < -0.4 is 11.1 Å². The Kier molecular flexibility index (Phi) is 4.11. The van der Waals surface area contributed by atoms with Gasteiger partial charge >= 0.3 is 5.97 Å². The van der Waals surface area contributed by atoms with Crippen LogP contribution in [0.4, 0.5) is 0 Å². The van der Waals surface area contributed by atoms with Gasteiger partial charge in [0.2, 0.25) is 0 Å². The first kappa shape index (κ1) is 12.5. The van der Waals surface area contributed by atoms with Gasteiger partial charge in [0.15, 0.2) is 0 Å². The van der Waals surface area contributed by atoms with Crippen molar-refractivity contribution in [1.29, 1.82) is 0 Å². The number of carbonyl (C=O) groups is 1. The molecule has 1 fully saturated rings. The molecule has 0 aliphatic heterocycles. The van der Waals surface area contributed by atoms with Crippen LogP contribution in [0.1, 0.15) is 39.5 Å². The second-order valence-corrected chi connectivity index (χ2v) is 5.14. The Hall–Kier alpha value is -0.610. The highest BCUT2D eigenvalue weighted by molar-refractivity contribution is 5.73. The summed E-state index contributed by atoms with van der Waals surface area (Å²) >= 11 is 0. The highest BCUT2D eigenvalue weighted by Gasteiger charge is 2.32. The van der Waals surface area contributed by atoms with Gasteiger partial charge in [0, 0.05) is 12.6 Å². The van der Waals surface area contributed by atoms with E-state index in [1.165, 1.54) is 19.3 Å². The zero-order valence-corrected chi connectivity index (χ0v) is 9.62. The third-order valence-electron chi connectivity index (χ3n) is 3.41. The Bertz CT molecular complexity index is 229. The third kappa shape index (κ3) is 3.47. The molecule has 2 unspecified atom stereocenters. The minimum atomic E-state index is -0.934. The van der Waals surface area contributed by atoms with Crippen molar-refractivity contribution in [2.24, 2.45) is 11.1 Å². The number of hydrogen-bond donors (Lipinski definition) is 3.